The van der Waals surface area contributed by atoms with Crippen LogP contribution in [0.2, 0.25) is 0 Å². The van der Waals surface area contributed by atoms with Gasteiger partial charge in [-0.3, -0.25) is 9.59 Å². The Balaban J connectivity index is 1.81. The van der Waals surface area contributed by atoms with E-state index in [0.717, 1.165) is 16.9 Å². The fourth-order valence-corrected chi connectivity index (χ4v) is 1.85. The van der Waals surface area contributed by atoms with Gasteiger partial charge in [-0.25, -0.2) is 0 Å². The minimum absolute atomic E-state index is 0.0134. The lowest BCUT2D eigenvalue weighted by molar-refractivity contribution is -0.119. The Morgan fingerprint density at radius 1 is 1.17 bits per heavy atom. The van der Waals surface area contributed by atoms with Crippen LogP contribution in [0.1, 0.15) is 25.1 Å². The molecule has 120 valence electrons. The van der Waals surface area contributed by atoms with Crippen molar-refractivity contribution in [2.24, 2.45) is 5.92 Å². The summed E-state index contributed by atoms with van der Waals surface area (Å²) in [4.78, 5) is 26.3. The minimum atomic E-state index is -0.156. The van der Waals surface area contributed by atoms with Crippen molar-refractivity contribution in [1.82, 2.24) is 10.3 Å². The number of carbonyl (C=O) groups is 2. The molecule has 0 aliphatic carbocycles. The fraction of sp³-hybridized carbons (Fsp3) is 0.222. The van der Waals surface area contributed by atoms with E-state index in [1.165, 1.54) is 6.08 Å². The Kier molecular flexibility index (Phi) is 5.74. The summed E-state index contributed by atoms with van der Waals surface area (Å²) in [6, 6.07) is 11.2. The molecule has 5 heteroatoms. The van der Waals surface area contributed by atoms with Gasteiger partial charge in [-0.1, -0.05) is 26.0 Å². The highest BCUT2D eigenvalue weighted by Crippen LogP contribution is 2.11. The van der Waals surface area contributed by atoms with E-state index in [1.807, 2.05) is 50.2 Å². The Morgan fingerprint density at radius 3 is 2.52 bits per heavy atom. The molecule has 2 rings (SSSR count). The highest BCUT2D eigenvalue weighted by Gasteiger charge is 2.06. The number of benzene rings is 1. The number of nitrogens with one attached hydrogen (secondary N) is 3. The zero-order valence-corrected chi connectivity index (χ0v) is 13.3. The van der Waals surface area contributed by atoms with Crippen LogP contribution in [-0.4, -0.2) is 16.8 Å². The van der Waals surface area contributed by atoms with Crippen molar-refractivity contribution < 1.29 is 9.59 Å². The molecule has 0 saturated heterocycles. The molecule has 0 radical (unpaired) electrons. The lowest BCUT2D eigenvalue weighted by Crippen LogP contribution is -2.20. The van der Waals surface area contributed by atoms with Crippen molar-refractivity contribution in [1.29, 1.82) is 0 Å². The first-order valence-electron chi connectivity index (χ1n) is 7.53. The first-order chi connectivity index (χ1) is 11.0. The highest BCUT2D eigenvalue weighted by molar-refractivity contribution is 5.92. The molecular formula is C18H21N3O2. The third-order valence-electron chi connectivity index (χ3n) is 3.25. The molecule has 0 aliphatic heterocycles. The molecule has 2 amide bonds. The predicted octanol–water partition coefficient (Wildman–Crippen LogP) is 2.94. The Labute approximate surface area is 135 Å². The lowest BCUT2D eigenvalue weighted by Gasteiger charge is -2.08. The van der Waals surface area contributed by atoms with Crippen molar-refractivity contribution in [2.45, 2.75) is 20.4 Å². The molecule has 3 N–H and O–H groups in total. The quantitative estimate of drug-likeness (QED) is 0.718. The predicted molar refractivity (Wildman–Crippen MR) is 91.6 cm³/mol. The third kappa shape index (κ3) is 5.47. The SMILES string of the molecule is CC(C)C(=O)Nc1ccc(CNC(=O)/C=C/c2ccc[nH]2)cc1. The molecule has 0 bridgehead atoms. The van der Waals surface area contributed by atoms with Crippen LogP contribution in [0.5, 0.6) is 0 Å². The third-order valence-corrected chi connectivity index (χ3v) is 3.25. The van der Waals surface area contributed by atoms with Crippen LogP contribution in [0, 0.1) is 5.92 Å². The molecule has 2 aromatic rings. The zero-order chi connectivity index (χ0) is 16.7. The molecule has 0 spiro atoms. The molecule has 23 heavy (non-hydrogen) atoms. The number of aromatic nitrogens is 1. The average Bonchev–Trinajstić information content (AvgIpc) is 3.05. The largest absolute Gasteiger partial charge is 0.362 e. The maximum Gasteiger partial charge on any atom is 0.244 e. The fourth-order valence-electron chi connectivity index (χ4n) is 1.85. The van der Waals surface area contributed by atoms with Crippen molar-refractivity contribution >= 4 is 23.6 Å². The van der Waals surface area contributed by atoms with Gasteiger partial charge in [0, 0.05) is 36.1 Å². The molecule has 0 aliphatic rings. The normalized spacial score (nSPS) is 10.9. The molecule has 0 atom stereocenters. The van der Waals surface area contributed by atoms with E-state index in [9.17, 15) is 9.59 Å². The summed E-state index contributed by atoms with van der Waals surface area (Å²) in [7, 11) is 0. The van der Waals surface area contributed by atoms with Crippen LogP contribution in [0.25, 0.3) is 6.08 Å². The molecule has 1 aromatic heterocycles. The van der Waals surface area contributed by atoms with Crippen molar-refractivity contribution in [3.05, 3.63) is 59.9 Å². The van der Waals surface area contributed by atoms with Gasteiger partial charge in [0.15, 0.2) is 0 Å². The number of H-pyrrole nitrogens is 1. The van der Waals surface area contributed by atoms with Gasteiger partial charge in [0.05, 0.1) is 0 Å². The van der Waals surface area contributed by atoms with Gasteiger partial charge in [-0.2, -0.15) is 0 Å². The molecule has 5 nitrogen and oxygen atoms in total. The topological polar surface area (TPSA) is 74.0 Å². The standard InChI is InChI=1S/C18H21N3O2/c1-13(2)18(23)21-16-7-5-14(6-8-16)12-20-17(22)10-9-15-4-3-11-19-15/h3-11,13,19H,12H2,1-2H3,(H,20,22)(H,21,23)/b10-9+. The smallest absolute Gasteiger partial charge is 0.244 e. The molecule has 1 aromatic carbocycles. The number of aromatic amines is 1. The van der Waals surface area contributed by atoms with Gasteiger partial charge < -0.3 is 15.6 Å². The molecule has 1 heterocycles. The van der Waals surface area contributed by atoms with Gasteiger partial charge in [-0.05, 0) is 35.9 Å². The van der Waals surface area contributed by atoms with Crippen molar-refractivity contribution in [2.75, 3.05) is 5.32 Å². The Bertz CT molecular complexity index is 671. The van der Waals surface area contributed by atoms with Gasteiger partial charge in [-0.15, -0.1) is 0 Å². The highest BCUT2D eigenvalue weighted by atomic mass is 16.2. The number of carbonyl (C=O) groups excluding carboxylic acids is 2. The zero-order valence-electron chi connectivity index (χ0n) is 13.3. The van der Waals surface area contributed by atoms with Crippen LogP contribution in [-0.2, 0) is 16.1 Å². The number of amides is 2. The van der Waals surface area contributed by atoms with Crippen LogP contribution < -0.4 is 10.6 Å². The first kappa shape index (κ1) is 16.5. The molecule has 0 fully saturated rings. The summed E-state index contributed by atoms with van der Waals surface area (Å²) in [5, 5.41) is 5.64. The summed E-state index contributed by atoms with van der Waals surface area (Å²) in [5.41, 5.74) is 2.60. The second kappa shape index (κ2) is 7.98. The lowest BCUT2D eigenvalue weighted by atomic mass is 10.1. The van der Waals surface area contributed by atoms with Crippen molar-refractivity contribution in [3.8, 4) is 0 Å². The molecule has 0 unspecified atom stereocenters. The minimum Gasteiger partial charge on any atom is -0.362 e. The van der Waals surface area contributed by atoms with Crippen LogP contribution >= 0.6 is 0 Å². The number of anilines is 1. The number of hydrogen-bond donors (Lipinski definition) is 3. The van der Waals surface area contributed by atoms with Gasteiger partial charge in [0.2, 0.25) is 11.8 Å². The van der Waals surface area contributed by atoms with E-state index < -0.39 is 0 Å². The second-order valence-electron chi connectivity index (χ2n) is 5.52. The van der Waals surface area contributed by atoms with E-state index in [-0.39, 0.29) is 17.7 Å². The number of hydrogen-bond acceptors (Lipinski definition) is 2. The second-order valence-corrected chi connectivity index (χ2v) is 5.52. The van der Waals surface area contributed by atoms with Crippen LogP contribution in [0.3, 0.4) is 0 Å². The van der Waals surface area contributed by atoms with Gasteiger partial charge in [0.1, 0.15) is 0 Å². The summed E-state index contributed by atoms with van der Waals surface area (Å²) < 4.78 is 0. The van der Waals surface area contributed by atoms with Gasteiger partial charge >= 0.3 is 0 Å². The monoisotopic (exact) mass is 311 g/mol. The Hall–Kier alpha value is -2.82. The van der Waals surface area contributed by atoms with E-state index in [2.05, 4.69) is 15.6 Å². The average molecular weight is 311 g/mol. The first-order valence-corrected chi connectivity index (χ1v) is 7.53. The van der Waals surface area contributed by atoms with E-state index in [4.69, 9.17) is 0 Å². The maximum absolute atomic E-state index is 11.7. The number of rotatable bonds is 6. The molecular weight excluding hydrogens is 290 g/mol. The molecule has 0 saturated carbocycles. The Morgan fingerprint density at radius 2 is 1.91 bits per heavy atom. The van der Waals surface area contributed by atoms with Crippen LogP contribution in [0.4, 0.5) is 5.69 Å². The van der Waals surface area contributed by atoms with Crippen LogP contribution in [0.15, 0.2) is 48.7 Å². The summed E-state index contributed by atoms with van der Waals surface area (Å²) in [5.74, 6) is -0.224. The van der Waals surface area contributed by atoms with E-state index >= 15 is 0 Å². The summed E-state index contributed by atoms with van der Waals surface area (Å²) in [6.45, 7) is 4.13. The summed E-state index contributed by atoms with van der Waals surface area (Å²) in [6.07, 6.45) is 5.01. The summed E-state index contributed by atoms with van der Waals surface area (Å²) >= 11 is 0. The van der Waals surface area contributed by atoms with Crippen molar-refractivity contribution in [3.63, 3.8) is 0 Å². The van der Waals surface area contributed by atoms with E-state index in [1.54, 1.807) is 12.3 Å². The van der Waals surface area contributed by atoms with E-state index in [0.29, 0.717) is 6.54 Å². The van der Waals surface area contributed by atoms with Gasteiger partial charge in [0.25, 0.3) is 0 Å². The maximum atomic E-state index is 11.7.